The number of urea groups is 1. The highest BCUT2D eigenvalue weighted by atomic mass is 16.2. The van der Waals surface area contributed by atoms with E-state index in [9.17, 15) is 9.59 Å². The van der Waals surface area contributed by atoms with Crippen LogP contribution in [0.25, 0.3) is 0 Å². The summed E-state index contributed by atoms with van der Waals surface area (Å²) in [4.78, 5) is 22.3. The Hall–Kier alpha value is -2.04. The predicted molar refractivity (Wildman–Crippen MR) is 79.3 cm³/mol. The second kappa shape index (κ2) is 7.53. The molecular weight excluding hydrogens is 254 g/mol. The molecule has 0 aliphatic carbocycles. The lowest BCUT2D eigenvalue weighted by Gasteiger charge is -2.17. The van der Waals surface area contributed by atoms with Gasteiger partial charge in [-0.1, -0.05) is 23.8 Å². The normalized spacial score (nSPS) is 11.8. The molecule has 1 aromatic carbocycles. The Labute approximate surface area is 119 Å². The van der Waals surface area contributed by atoms with Crippen LogP contribution in [0.4, 0.5) is 4.79 Å². The first-order valence-corrected chi connectivity index (χ1v) is 6.80. The van der Waals surface area contributed by atoms with E-state index >= 15 is 0 Å². The molecule has 5 heteroatoms. The van der Waals surface area contributed by atoms with Gasteiger partial charge in [-0.05, 0) is 38.3 Å². The Morgan fingerprint density at radius 3 is 2.65 bits per heavy atom. The van der Waals surface area contributed by atoms with Gasteiger partial charge >= 0.3 is 6.03 Å². The second-order valence-electron chi connectivity index (χ2n) is 5.05. The zero-order valence-corrected chi connectivity index (χ0v) is 12.3. The Kier molecular flexibility index (Phi) is 6.03. The molecule has 3 amide bonds. The van der Waals surface area contributed by atoms with Gasteiger partial charge in [-0.3, -0.25) is 4.79 Å². The van der Waals surface area contributed by atoms with Crippen LogP contribution in [0.2, 0.25) is 0 Å². The third kappa shape index (κ3) is 5.30. The highest BCUT2D eigenvalue weighted by Crippen LogP contribution is 2.18. The first-order chi connectivity index (χ1) is 9.40. The van der Waals surface area contributed by atoms with Gasteiger partial charge < -0.3 is 16.4 Å². The van der Waals surface area contributed by atoms with E-state index in [0.717, 1.165) is 11.1 Å². The number of hydrogen-bond acceptors (Lipinski definition) is 2. The zero-order chi connectivity index (χ0) is 15.1. The summed E-state index contributed by atoms with van der Waals surface area (Å²) in [7, 11) is 0. The van der Waals surface area contributed by atoms with Crippen LogP contribution in [-0.4, -0.2) is 18.5 Å². The smallest absolute Gasteiger partial charge is 0.315 e. The van der Waals surface area contributed by atoms with E-state index in [4.69, 9.17) is 5.73 Å². The van der Waals surface area contributed by atoms with E-state index in [1.807, 2.05) is 26.8 Å². The summed E-state index contributed by atoms with van der Waals surface area (Å²) in [5.74, 6) is -0.351. The second-order valence-corrected chi connectivity index (χ2v) is 5.05. The summed E-state index contributed by atoms with van der Waals surface area (Å²) >= 11 is 0. The predicted octanol–water partition coefficient (Wildman–Crippen LogP) is 1.93. The van der Waals surface area contributed by atoms with Gasteiger partial charge in [-0.25, -0.2) is 4.79 Å². The molecule has 0 saturated heterocycles. The van der Waals surface area contributed by atoms with Gasteiger partial charge in [0.05, 0.1) is 6.04 Å². The van der Waals surface area contributed by atoms with Crippen LogP contribution in [0, 0.1) is 13.8 Å². The summed E-state index contributed by atoms with van der Waals surface area (Å²) in [5, 5.41) is 5.60. The number of nitrogens with two attached hydrogens (primary N) is 1. The lowest BCUT2D eigenvalue weighted by atomic mass is 10.0. The van der Waals surface area contributed by atoms with Crippen LogP contribution in [0.1, 0.15) is 42.5 Å². The van der Waals surface area contributed by atoms with Gasteiger partial charge in [0, 0.05) is 13.0 Å². The van der Waals surface area contributed by atoms with E-state index in [1.54, 1.807) is 0 Å². The fourth-order valence-corrected chi connectivity index (χ4v) is 2.02. The Bertz CT molecular complexity index is 486. The van der Waals surface area contributed by atoms with Crippen molar-refractivity contribution in [2.24, 2.45) is 5.73 Å². The van der Waals surface area contributed by atoms with E-state index < -0.39 is 0 Å². The number of rotatable bonds is 6. The molecule has 1 aromatic rings. The molecule has 0 bridgehead atoms. The lowest BCUT2D eigenvalue weighted by Crippen LogP contribution is -2.37. The molecular formula is C15H23N3O2. The largest absolute Gasteiger partial charge is 0.370 e. The molecule has 0 fully saturated rings. The van der Waals surface area contributed by atoms with E-state index in [2.05, 4.69) is 22.8 Å². The maximum atomic E-state index is 11.7. The van der Waals surface area contributed by atoms with Gasteiger partial charge in [0.15, 0.2) is 0 Å². The molecule has 0 heterocycles. The van der Waals surface area contributed by atoms with Crippen LogP contribution in [0.3, 0.4) is 0 Å². The summed E-state index contributed by atoms with van der Waals surface area (Å²) in [6.07, 6.45) is 0.841. The fourth-order valence-electron chi connectivity index (χ4n) is 2.02. The van der Waals surface area contributed by atoms with E-state index in [0.29, 0.717) is 13.0 Å². The quantitative estimate of drug-likeness (QED) is 0.694. The molecule has 0 spiro atoms. The Morgan fingerprint density at radius 2 is 2.00 bits per heavy atom. The van der Waals surface area contributed by atoms with Crippen molar-refractivity contribution in [3.8, 4) is 0 Å². The molecule has 20 heavy (non-hydrogen) atoms. The third-order valence-electron chi connectivity index (χ3n) is 3.13. The van der Waals surface area contributed by atoms with Crippen molar-refractivity contribution >= 4 is 11.9 Å². The summed E-state index contributed by atoms with van der Waals surface area (Å²) in [5.41, 5.74) is 8.46. The topological polar surface area (TPSA) is 84.2 Å². The van der Waals surface area contributed by atoms with Crippen LogP contribution >= 0.6 is 0 Å². The molecule has 4 N–H and O–H groups in total. The van der Waals surface area contributed by atoms with Crippen molar-refractivity contribution in [2.45, 2.75) is 39.7 Å². The average Bonchev–Trinajstić information content (AvgIpc) is 2.37. The highest BCUT2D eigenvalue weighted by molar-refractivity contribution is 5.75. The highest BCUT2D eigenvalue weighted by Gasteiger charge is 2.11. The molecule has 0 aliphatic heterocycles. The number of nitrogens with one attached hydrogen (secondary N) is 2. The number of carbonyl (C=O) groups excluding carboxylic acids is 2. The number of aryl methyl sites for hydroxylation is 2. The van der Waals surface area contributed by atoms with Gasteiger partial charge in [0.25, 0.3) is 0 Å². The molecule has 0 saturated carbocycles. The first kappa shape index (κ1) is 16.0. The van der Waals surface area contributed by atoms with E-state index in [-0.39, 0.29) is 24.4 Å². The average molecular weight is 277 g/mol. The van der Waals surface area contributed by atoms with Crippen molar-refractivity contribution in [1.29, 1.82) is 0 Å². The summed E-state index contributed by atoms with van der Waals surface area (Å²) < 4.78 is 0. The molecule has 0 aromatic heterocycles. The maximum Gasteiger partial charge on any atom is 0.315 e. The number of carbonyl (C=O) groups is 2. The number of primary amides is 1. The SMILES string of the molecule is Cc1ccc(C)c([C@H](C)NC(=O)NCCCC(N)=O)c1. The maximum absolute atomic E-state index is 11.7. The van der Waals surface area contributed by atoms with Crippen molar-refractivity contribution in [3.05, 3.63) is 34.9 Å². The first-order valence-electron chi connectivity index (χ1n) is 6.80. The van der Waals surface area contributed by atoms with Crippen LogP contribution in [-0.2, 0) is 4.79 Å². The molecule has 0 aliphatic rings. The van der Waals surface area contributed by atoms with Crippen LogP contribution < -0.4 is 16.4 Å². The molecule has 5 nitrogen and oxygen atoms in total. The minimum absolute atomic E-state index is 0.0639. The lowest BCUT2D eigenvalue weighted by molar-refractivity contribution is -0.118. The van der Waals surface area contributed by atoms with Crippen molar-refractivity contribution in [1.82, 2.24) is 10.6 Å². The van der Waals surface area contributed by atoms with Gasteiger partial charge in [0.1, 0.15) is 0 Å². The molecule has 110 valence electrons. The number of amides is 3. The number of hydrogen-bond donors (Lipinski definition) is 3. The summed E-state index contributed by atoms with van der Waals surface area (Å²) in [6.45, 7) is 6.44. The van der Waals surface area contributed by atoms with Crippen LogP contribution in [0.5, 0.6) is 0 Å². The molecule has 1 rings (SSSR count). The molecule has 1 atom stereocenters. The Morgan fingerprint density at radius 1 is 1.30 bits per heavy atom. The fraction of sp³-hybridized carbons (Fsp3) is 0.467. The minimum atomic E-state index is -0.351. The van der Waals surface area contributed by atoms with Crippen molar-refractivity contribution < 1.29 is 9.59 Å². The molecule has 0 radical (unpaired) electrons. The van der Waals surface area contributed by atoms with Crippen molar-refractivity contribution in [2.75, 3.05) is 6.54 Å². The van der Waals surface area contributed by atoms with Crippen LogP contribution in [0.15, 0.2) is 18.2 Å². The van der Waals surface area contributed by atoms with Gasteiger partial charge in [-0.2, -0.15) is 0 Å². The third-order valence-corrected chi connectivity index (χ3v) is 3.13. The van der Waals surface area contributed by atoms with Gasteiger partial charge in [0.2, 0.25) is 5.91 Å². The summed E-state index contributed by atoms with van der Waals surface area (Å²) in [6, 6.07) is 5.88. The zero-order valence-electron chi connectivity index (χ0n) is 12.3. The van der Waals surface area contributed by atoms with Gasteiger partial charge in [-0.15, -0.1) is 0 Å². The van der Waals surface area contributed by atoms with Crippen molar-refractivity contribution in [3.63, 3.8) is 0 Å². The van der Waals surface area contributed by atoms with E-state index in [1.165, 1.54) is 5.56 Å². The number of benzene rings is 1. The molecule has 0 unspecified atom stereocenters. The Balaban J connectivity index is 2.45. The monoisotopic (exact) mass is 277 g/mol. The minimum Gasteiger partial charge on any atom is -0.370 e. The standard InChI is InChI=1S/C15H23N3O2/c1-10-6-7-11(2)13(9-10)12(3)18-15(20)17-8-4-5-14(16)19/h6-7,9,12H,4-5,8H2,1-3H3,(H2,16,19)(H2,17,18,20)/t12-/m0/s1.